The van der Waals surface area contributed by atoms with Crippen molar-refractivity contribution >= 4 is 23.8 Å². The van der Waals surface area contributed by atoms with Gasteiger partial charge in [0.05, 0.1) is 0 Å². The van der Waals surface area contributed by atoms with Crippen LogP contribution in [0.4, 0.5) is 4.39 Å². The van der Waals surface area contributed by atoms with Crippen molar-refractivity contribution in [3.8, 4) is 11.5 Å². The number of aliphatic carboxylic acids is 1. The fourth-order valence-electron chi connectivity index (χ4n) is 2.19. The van der Waals surface area contributed by atoms with Crippen molar-refractivity contribution in [1.29, 1.82) is 0 Å². The molecule has 0 aliphatic carbocycles. The Morgan fingerprint density at radius 2 is 1.85 bits per heavy atom. The molecular weight excluding hydrogens is 355 g/mol. The quantitative estimate of drug-likeness (QED) is 0.502. The van der Waals surface area contributed by atoms with Gasteiger partial charge in [0.1, 0.15) is 10.7 Å². The number of thioether (sulfide) groups is 1. The van der Waals surface area contributed by atoms with E-state index in [1.807, 2.05) is 24.3 Å². The Morgan fingerprint density at radius 3 is 2.46 bits per heavy atom. The first-order valence-electron chi connectivity index (χ1n) is 7.86. The van der Waals surface area contributed by atoms with E-state index < -0.39 is 5.97 Å². The van der Waals surface area contributed by atoms with Gasteiger partial charge < -0.3 is 9.52 Å². The lowest BCUT2D eigenvalue weighted by molar-refractivity contribution is -0.131. The van der Waals surface area contributed by atoms with Crippen molar-refractivity contribution in [3.63, 3.8) is 0 Å². The lowest BCUT2D eigenvalue weighted by atomic mass is 10.1. The molecule has 0 aliphatic heterocycles. The monoisotopic (exact) mass is 370 g/mol. The molecule has 7 heteroatoms. The summed E-state index contributed by atoms with van der Waals surface area (Å²) in [5.74, 6) is -1.26. The van der Waals surface area contributed by atoms with Crippen LogP contribution in [0.3, 0.4) is 0 Å². The summed E-state index contributed by atoms with van der Waals surface area (Å²) in [6.07, 6.45) is 2.47. The molecule has 5 nitrogen and oxygen atoms in total. The molecule has 3 rings (SSSR count). The second kappa shape index (κ2) is 7.97. The van der Waals surface area contributed by atoms with Crippen LogP contribution in [0.1, 0.15) is 18.1 Å². The van der Waals surface area contributed by atoms with Gasteiger partial charge in [0.15, 0.2) is 0 Å². The van der Waals surface area contributed by atoms with Crippen LogP contribution in [0.15, 0.2) is 63.1 Å². The Kier molecular flexibility index (Phi) is 5.48. The highest BCUT2D eigenvalue weighted by atomic mass is 32.2. The largest absolute Gasteiger partial charge is 0.477 e. The summed E-state index contributed by atoms with van der Waals surface area (Å²) in [6, 6.07) is 13.2. The number of benzene rings is 2. The molecule has 0 bridgehead atoms. The first-order valence-corrected chi connectivity index (χ1v) is 8.68. The first kappa shape index (κ1) is 17.9. The van der Waals surface area contributed by atoms with Crippen molar-refractivity contribution in [2.75, 3.05) is 0 Å². The van der Waals surface area contributed by atoms with Gasteiger partial charge in [-0.3, -0.25) is 0 Å². The molecule has 2 aromatic carbocycles. The van der Waals surface area contributed by atoms with Gasteiger partial charge in [0.2, 0.25) is 5.89 Å². The maximum Gasteiger partial charge on any atom is 0.342 e. The Labute approximate surface area is 153 Å². The fourth-order valence-corrected chi connectivity index (χ4v) is 2.86. The third-order valence-electron chi connectivity index (χ3n) is 3.59. The zero-order valence-electron chi connectivity index (χ0n) is 13.8. The molecule has 0 saturated carbocycles. The Balaban J connectivity index is 1.81. The van der Waals surface area contributed by atoms with Gasteiger partial charge in [-0.1, -0.05) is 31.2 Å². The predicted octanol–water partition coefficient (Wildman–Crippen LogP) is 4.66. The molecule has 0 saturated heterocycles. The van der Waals surface area contributed by atoms with Crippen LogP contribution < -0.4 is 0 Å². The minimum Gasteiger partial charge on any atom is -0.477 e. The molecule has 26 heavy (non-hydrogen) atoms. The van der Waals surface area contributed by atoms with Crippen LogP contribution in [0, 0.1) is 5.82 Å². The van der Waals surface area contributed by atoms with Crippen LogP contribution in [-0.4, -0.2) is 21.3 Å². The van der Waals surface area contributed by atoms with Crippen LogP contribution in [0.5, 0.6) is 0 Å². The highest BCUT2D eigenvalue weighted by Crippen LogP contribution is 2.30. The summed E-state index contributed by atoms with van der Waals surface area (Å²) < 4.78 is 18.5. The van der Waals surface area contributed by atoms with Crippen molar-refractivity contribution in [1.82, 2.24) is 10.2 Å². The van der Waals surface area contributed by atoms with Gasteiger partial charge in [-0.25, -0.2) is 9.18 Å². The molecule has 0 aliphatic rings. The second-order valence-electron chi connectivity index (χ2n) is 5.39. The lowest BCUT2D eigenvalue weighted by Crippen LogP contribution is -1.96. The Morgan fingerprint density at radius 1 is 1.15 bits per heavy atom. The zero-order chi connectivity index (χ0) is 18.5. The molecule has 1 N–H and O–H groups in total. The number of aryl methyl sites for hydroxylation is 1. The van der Waals surface area contributed by atoms with E-state index in [0.717, 1.165) is 23.7 Å². The minimum atomic E-state index is -1.09. The van der Waals surface area contributed by atoms with E-state index in [4.69, 9.17) is 4.42 Å². The summed E-state index contributed by atoms with van der Waals surface area (Å²) >= 11 is 0.867. The van der Waals surface area contributed by atoms with E-state index in [1.54, 1.807) is 6.08 Å². The van der Waals surface area contributed by atoms with Gasteiger partial charge >= 0.3 is 5.97 Å². The zero-order valence-corrected chi connectivity index (χ0v) is 14.7. The van der Waals surface area contributed by atoms with Crippen LogP contribution in [0.2, 0.25) is 0 Å². The van der Waals surface area contributed by atoms with Gasteiger partial charge in [-0.15, -0.1) is 10.2 Å². The van der Waals surface area contributed by atoms with Crippen molar-refractivity contribution in [2.45, 2.75) is 18.6 Å². The molecule has 0 amide bonds. The number of carboxylic acid groups (broad SMARTS) is 1. The molecule has 3 aromatic rings. The van der Waals surface area contributed by atoms with E-state index in [1.165, 1.54) is 29.8 Å². The topological polar surface area (TPSA) is 76.2 Å². The van der Waals surface area contributed by atoms with Crippen LogP contribution >= 0.6 is 11.8 Å². The summed E-state index contributed by atoms with van der Waals surface area (Å²) in [5, 5.41) is 17.3. The Hall–Kier alpha value is -2.93. The average molecular weight is 370 g/mol. The van der Waals surface area contributed by atoms with Gasteiger partial charge in [-0.2, -0.15) is 0 Å². The number of carboxylic acids is 1. The molecule has 1 heterocycles. The number of halogens is 1. The fraction of sp³-hybridized carbons (Fsp3) is 0.105. The third-order valence-corrected chi connectivity index (χ3v) is 4.44. The molecule has 132 valence electrons. The number of hydrogen-bond acceptors (Lipinski definition) is 5. The molecule has 0 spiro atoms. The summed E-state index contributed by atoms with van der Waals surface area (Å²) in [7, 11) is 0. The van der Waals surface area contributed by atoms with E-state index in [9.17, 15) is 14.3 Å². The third kappa shape index (κ3) is 4.37. The normalized spacial score (nSPS) is 11.5. The maximum absolute atomic E-state index is 13.0. The number of rotatable bonds is 6. The summed E-state index contributed by atoms with van der Waals surface area (Å²) in [6.45, 7) is 2.05. The summed E-state index contributed by atoms with van der Waals surface area (Å²) in [5.41, 5.74) is 2.50. The van der Waals surface area contributed by atoms with Crippen LogP contribution in [-0.2, 0) is 11.2 Å². The molecule has 0 fully saturated rings. The van der Waals surface area contributed by atoms with Crippen molar-refractivity contribution in [3.05, 3.63) is 70.4 Å². The van der Waals surface area contributed by atoms with Gasteiger partial charge in [0.25, 0.3) is 5.22 Å². The molecule has 1 aromatic heterocycles. The maximum atomic E-state index is 13.0. The number of nitrogens with zero attached hydrogens (tertiary/aromatic N) is 2. The first-order chi connectivity index (χ1) is 12.5. The van der Waals surface area contributed by atoms with E-state index >= 15 is 0 Å². The molecule has 0 unspecified atom stereocenters. The predicted molar refractivity (Wildman–Crippen MR) is 97.0 cm³/mol. The second-order valence-corrected chi connectivity index (χ2v) is 6.38. The molecule has 0 radical (unpaired) electrons. The summed E-state index contributed by atoms with van der Waals surface area (Å²) in [4.78, 5) is 11.6. The standard InChI is InChI=1S/C19H15FN2O3S/c1-2-12-3-5-13(6-4-12)11-16(18(23)24)26-19-22-21-17(25-19)14-7-9-15(20)10-8-14/h3-11H,2H2,1H3,(H,23,24)/b16-11+. The van der Waals surface area contributed by atoms with Crippen molar-refractivity contribution < 1.29 is 18.7 Å². The van der Waals surface area contributed by atoms with E-state index in [0.29, 0.717) is 5.56 Å². The minimum absolute atomic E-state index is 0.0588. The molecular formula is C19H15FN2O3S. The highest BCUT2D eigenvalue weighted by molar-refractivity contribution is 8.03. The van der Waals surface area contributed by atoms with E-state index in [2.05, 4.69) is 17.1 Å². The van der Waals surface area contributed by atoms with E-state index in [-0.39, 0.29) is 21.8 Å². The lowest BCUT2D eigenvalue weighted by Gasteiger charge is -2.01. The smallest absolute Gasteiger partial charge is 0.342 e. The highest BCUT2D eigenvalue weighted by Gasteiger charge is 2.16. The number of hydrogen-bond donors (Lipinski definition) is 1. The average Bonchev–Trinajstić information content (AvgIpc) is 3.11. The SMILES string of the molecule is CCc1ccc(/C=C(/Sc2nnc(-c3ccc(F)cc3)o2)C(=O)O)cc1. The van der Waals surface area contributed by atoms with Gasteiger partial charge in [0, 0.05) is 5.56 Å². The Bertz CT molecular complexity index is 934. The van der Waals surface area contributed by atoms with Gasteiger partial charge in [-0.05, 0) is 59.7 Å². The van der Waals surface area contributed by atoms with Crippen molar-refractivity contribution in [2.24, 2.45) is 0 Å². The number of carbonyl (C=O) groups is 1. The molecule has 0 atom stereocenters. The number of aromatic nitrogens is 2. The van der Waals surface area contributed by atoms with Crippen LogP contribution in [0.25, 0.3) is 17.5 Å².